The summed E-state index contributed by atoms with van der Waals surface area (Å²) in [5, 5.41) is 2.98. The van der Waals surface area contributed by atoms with Crippen LogP contribution in [0.4, 0.5) is 10.5 Å². The van der Waals surface area contributed by atoms with Gasteiger partial charge in [0.15, 0.2) is 0 Å². The molecule has 2 aromatic rings. The SMILES string of the molecule is Cc1ccc(CN2CC3(CCN(C(=O)Nc4ccccc4)C3)C2)o1. The van der Waals surface area contributed by atoms with E-state index < -0.39 is 0 Å². The summed E-state index contributed by atoms with van der Waals surface area (Å²) in [4.78, 5) is 16.7. The molecule has 126 valence electrons. The molecule has 5 heteroatoms. The van der Waals surface area contributed by atoms with Gasteiger partial charge in [0, 0.05) is 37.3 Å². The molecule has 0 bridgehead atoms. The van der Waals surface area contributed by atoms with Crippen molar-refractivity contribution in [2.75, 3.05) is 31.5 Å². The second kappa shape index (κ2) is 5.98. The van der Waals surface area contributed by atoms with Crippen molar-refractivity contribution in [2.24, 2.45) is 5.41 Å². The third-order valence-electron chi connectivity index (χ3n) is 5.04. The van der Waals surface area contributed by atoms with Crippen LogP contribution in [-0.2, 0) is 6.54 Å². The Morgan fingerprint density at radius 1 is 1.17 bits per heavy atom. The molecular weight excluding hydrogens is 302 g/mol. The smallest absolute Gasteiger partial charge is 0.321 e. The Kier molecular flexibility index (Phi) is 3.81. The molecule has 5 nitrogen and oxygen atoms in total. The average Bonchev–Trinajstić information content (AvgIpc) is 3.15. The van der Waals surface area contributed by atoms with E-state index in [1.54, 1.807) is 0 Å². The van der Waals surface area contributed by atoms with Crippen molar-refractivity contribution < 1.29 is 9.21 Å². The van der Waals surface area contributed by atoms with Gasteiger partial charge >= 0.3 is 6.03 Å². The number of benzene rings is 1. The first-order chi connectivity index (χ1) is 11.6. The highest BCUT2D eigenvalue weighted by Crippen LogP contribution is 2.40. The molecule has 0 radical (unpaired) electrons. The van der Waals surface area contributed by atoms with Gasteiger partial charge in [-0.15, -0.1) is 0 Å². The number of anilines is 1. The molecule has 2 amide bonds. The molecule has 0 atom stereocenters. The van der Waals surface area contributed by atoms with Crippen molar-refractivity contribution in [1.82, 2.24) is 9.80 Å². The third-order valence-corrected chi connectivity index (χ3v) is 5.04. The van der Waals surface area contributed by atoms with E-state index in [0.29, 0.717) is 0 Å². The number of nitrogens with one attached hydrogen (secondary N) is 1. The number of nitrogens with zero attached hydrogens (tertiary/aromatic N) is 2. The van der Waals surface area contributed by atoms with Crippen molar-refractivity contribution in [3.63, 3.8) is 0 Å². The molecule has 2 aliphatic heterocycles. The number of aryl methyl sites for hydroxylation is 1. The summed E-state index contributed by atoms with van der Waals surface area (Å²) < 4.78 is 5.65. The average molecular weight is 325 g/mol. The Labute approximate surface area is 142 Å². The van der Waals surface area contributed by atoms with Gasteiger partial charge in [-0.25, -0.2) is 4.79 Å². The number of urea groups is 1. The summed E-state index contributed by atoms with van der Waals surface area (Å²) in [6, 6.07) is 13.7. The van der Waals surface area contributed by atoms with Crippen molar-refractivity contribution in [3.05, 3.63) is 54.0 Å². The Bertz CT molecular complexity index is 719. The van der Waals surface area contributed by atoms with E-state index in [4.69, 9.17) is 4.42 Å². The normalized spacial score (nSPS) is 19.5. The van der Waals surface area contributed by atoms with E-state index in [1.807, 2.05) is 48.2 Å². The van der Waals surface area contributed by atoms with Gasteiger partial charge in [-0.2, -0.15) is 0 Å². The Morgan fingerprint density at radius 3 is 2.67 bits per heavy atom. The lowest BCUT2D eigenvalue weighted by Crippen LogP contribution is -2.57. The number of carbonyl (C=O) groups is 1. The second-order valence-electron chi connectivity index (χ2n) is 7.13. The molecule has 3 heterocycles. The minimum atomic E-state index is 0.0122. The lowest BCUT2D eigenvalue weighted by atomic mass is 9.79. The number of hydrogen-bond donors (Lipinski definition) is 1. The van der Waals surface area contributed by atoms with Crippen LogP contribution in [0.5, 0.6) is 0 Å². The fraction of sp³-hybridized carbons (Fsp3) is 0.421. The van der Waals surface area contributed by atoms with Crippen LogP contribution in [0.1, 0.15) is 17.9 Å². The minimum absolute atomic E-state index is 0.0122. The van der Waals surface area contributed by atoms with Crippen LogP contribution in [0.15, 0.2) is 46.9 Å². The molecule has 2 aliphatic rings. The molecule has 1 aromatic carbocycles. The first-order valence-electron chi connectivity index (χ1n) is 8.51. The summed E-state index contributed by atoms with van der Waals surface area (Å²) in [7, 11) is 0. The predicted octanol–water partition coefficient (Wildman–Crippen LogP) is 3.33. The molecular formula is C19H23N3O2. The summed E-state index contributed by atoms with van der Waals surface area (Å²) >= 11 is 0. The summed E-state index contributed by atoms with van der Waals surface area (Å²) in [6.45, 7) is 6.61. The van der Waals surface area contributed by atoms with Crippen LogP contribution in [0.3, 0.4) is 0 Å². The molecule has 2 saturated heterocycles. The first kappa shape index (κ1) is 15.3. The number of hydrogen-bond acceptors (Lipinski definition) is 3. The van der Waals surface area contributed by atoms with Gasteiger partial charge in [-0.05, 0) is 37.6 Å². The van der Waals surface area contributed by atoms with Crippen molar-refractivity contribution >= 4 is 11.7 Å². The molecule has 0 saturated carbocycles. The summed E-state index contributed by atoms with van der Waals surface area (Å²) in [5.74, 6) is 1.99. The zero-order chi connectivity index (χ0) is 16.6. The highest BCUT2D eigenvalue weighted by molar-refractivity contribution is 5.89. The number of amides is 2. The molecule has 1 aromatic heterocycles. The van der Waals surface area contributed by atoms with E-state index in [9.17, 15) is 4.79 Å². The third kappa shape index (κ3) is 3.04. The monoisotopic (exact) mass is 325 g/mol. The maximum Gasteiger partial charge on any atom is 0.321 e. The molecule has 0 aliphatic carbocycles. The first-order valence-corrected chi connectivity index (χ1v) is 8.51. The molecule has 1 N–H and O–H groups in total. The largest absolute Gasteiger partial charge is 0.465 e. The Balaban J connectivity index is 1.29. The maximum absolute atomic E-state index is 12.4. The lowest BCUT2D eigenvalue weighted by molar-refractivity contribution is 0.000285. The minimum Gasteiger partial charge on any atom is -0.465 e. The van der Waals surface area contributed by atoms with Crippen LogP contribution in [0.2, 0.25) is 0 Å². The van der Waals surface area contributed by atoms with Gasteiger partial charge in [0.1, 0.15) is 11.5 Å². The van der Waals surface area contributed by atoms with E-state index in [2.05, 4.69) is 16.3 Å². The lowest BCUT2D eigenvalue weighted by Gasteiger charge is -2.47. The Morgan fingerprint density at radius 2 is 1.96 bits per heavy atom. The van der Waals surface area contributed by atoms with E-state index in [-0.39, 0.29) is 11.4 Å². The number of rotatable bonds is 3. The summed E-state index contributed by atoms with van der Waals surface area (Å²) in [5.41, 5.74) is 1.13. The number of likely N-dealkylation sites (tertiary alicyclic amines) is 2. The van der Waals surface area contributed by atoms with Crippen LogP contribution in [-0.4, -0.2) is 42.0 Å². The van der Waals surface area contributed by atoms with E-state index in [0.717, 1.165) is 56.4 Å². The van der Waals surface area contributed by atoms with Gasteiger partial charge in [0.05, 0.1) is 6.54 Å². The predicted molar refractivity (Wildman–Crippen MR) is 92.8 cm³/mol. The Hall–Kier alpha value is -2.27. The fourth-order valence-electron chi connectivity index (χ4n) is 3.90. The fourth-order valence-corrected chi connectivity index (χ4v) is 3.90. The van der Waals surface area contributed by atoms with Gasteiger partial charge in [0.25, 0.3) is 0 Å². The number of para-hydroxylation sites is 1. The molecule has 2 fully saturated rings. The molecule has 1 spiro atoms. The summed E-state index contributed by atoms with van der Waals surface area (Å²) in [6.07, 6.45) is 1.09. The zero-order valence-electron chi connectivity index (χ0n) is 14.0. The van der Waals surface area contributed by atoms with Gasteiger partial charge < -0.3 is 14.6 Å². The standard InChI is InChI=1S/C19H23N3O2/c1-15-7-8-17(24-15)11-21-12-19(13-21)9-10-22(14-19)18(23)20-16-5-3-2-4-6-16/h2-8H,9-14H2,1H3,(H,20,23). The quantitative estimate of drug-likeness (QED) is 0.942. The van der Waals surface area contributed by atoms with Crippen molar-refractivity contribution in [2.45, 2.75) is 19.9 Å². The van der Waals surface area contributed by atoms with E-state index in [1.165, 1.54) is 0 Å². The van der Waals surface area contributed by atoms with Crippen molar-refractivity contribution in [3.8, 4) is 0 Å². The van der Waals surface area contributed by atoms with Crippen LogP contribution >= 0.6 is 0 Å². The van der Waals surface area contributed by atoms with Gasteiger partial charge in [-0.1, -0.05) is 18.2 Å². The van der Waals surface area contributed by atoms with Crippen molar-refractivity contribution in [1.29, 1.82) is 0 Å². The highest BCUT2D eigenvalue weighted by atomic mass is 16.3. The van der Waals surface area contributed by atoms with Crippen LogP contribution < -0.4 is 5.32 Å². The molecule has 4 rings (SSSR count). The zero-order valence-corrected chi connectivity index (χ0v) is 14.0. The topological polar surface area (TPSA) is 48.7 Å². The maximum atomic E-state index is 12.4. The van der Waals surface area contributed by atoms with Gasteiger partial charge in [-0.3, -0.25) is 4.90 Å². The number of carbonyl (C=O) groups excluding carboxylic acids is 1. The molecule has 24 heavy (non-hydrogen) atoms. The van der Waals surface area contributed by atoms with Crippen LogP contribution in [0.25, 0.3) is 0 Å². The van der Waals surface area contributed by atoms with Crippen LogP contribution in [0, 0.1) is 12.3 Å². The molecule has 0 unspecified atom stereocenters. The second-order valence-corrected chi connectivity index (χ2v) is 7.13. The van der Waals surface area contributed by atoms with E-state index >= 15 is 0 Å². The highest BCUT2D eigenvalue weighted by Gasteiger charge is 2.48. The van der Waals surface area contributed by atoms with Gasteiger partial charge in [0.2, 0.25) is 0 Å². The number of furan rings is 1.